The van der Waals surface area contributed by atoms with E-state index in [1.54, 1.807) is 7.11 Å². The molecule has 22 heavy (non-hydrogen) atoms. The lowest BCUT2D eigenvalue weighted by Crippen LogP contribution is -2.38. The topological polar surface area (TPSA) is 64.3 Å². The maximum Gasteiger partial charge on any atom is 0.223 e. The zero-order valence-corrected chi connectivity index (χ0v) is 13.5. The van der Waals surface area contributed by atoms with Gasteiger partial charge in [-0.1, -0.05) is 31.5 Å². The number of methoxy groups -OCH3 is 1. The monoisotopic (exact) mass is 302 g/mol. The molecule has 2 aliphatic rings. The molecule has 2 saturated carbocycles. The summed E-state index contributed by atoms with van der Waals surface area (Å²) in [6, 6.07) is 8.30. The Morgan fingerprint density at radius 3 is 2.91 bits per heavy atom. The Morgan fingerprint density at radius 1 is 1.41 bits per heavy atom. The van der Waals surface area contributed by atoms with E-state index < -0.39 is 0 Å². The van der Waals surface area contributed by atoms with Crippen LogP contribution in [0.4, 0.5) is 0 Å². The highest BCUT2D eigenvalue weighted by Gasteiger charge is 2.54. The summed E-state index contributed by atoms with van der Waals surface area (Å²) in [7, 11) is 1.70. The molecule has 120 valence electrons. The number of para-hydroxylation sites is 1. The largest absolute Gasteiger partial charge is 0.496 e. The summed E-state index contributed by atoms with van der Waals surface area (Å²) in [6.07, 6.45) is 4.16. The third-order valence-corrected chi connectivity index (χ3v) is 5.57. The van der Waals surface area contributed by atoms with Crippen LogP contribution in [0.25, 0.3) is 0 Å². The van der Waals surface area contributed by atoms with Gasteiger partial charge >= 0.3 is 0 Å². The molecule has 0 aromatic heterocycles. The van der Waals surface area contributed by atoms with Gasteiger partial charge in [-0.25, -0.2) is 0 Å². The first-order valence-corrected chi connectivity index (χ1v) is 8.24. The molecular formula is C18H26N2O2. The second-order valence-electron chi connectivity index (χ2n) is 6.92. The Morgan fingerprint density at radius 2 is 2.18 bits per heavy atom. The predicted octanol–water partition coefficient (Wildman–Crippen LogP) is 2.22. The van der Waals surface area contributed by atoms with Crippen molar-refractivity contribution in [1.29, 1.82) is 0 Å². The highest BCUT2D eigenvalue weighted by atomic mass is 16.5. The third kappa shape index (κ3) is 2.60. The molecule has 3 N–H and O–H groups in total. The average Bonchev–Trinajstić information content (AvgIpc) is 2.99. The highest BCUT2D eigenvalue weighted by Crippen LogP contribution is 2.51. The minimum atomic E-state index is -0.0148. The minimum Gasteiger partial charge on any atom is -0.496 e. The van der Waals surface area contributed by atoms with Gasteiger partial charge in [0.15, 0.2) is 0 Å². The molecule has 2 unspecified atom stereocenters. The van der Waals surface area contributed by atoms with Crippen LogP contribution >= 0.6 is 0 Å². The molecular weight excluding hydrogens is 276 g/mol. The molecule has 3 rings (SSSR count). The predicted molar refractivity (Wildman–Crippen MR) is 86.8 cm³/mol. The molecule has 0 bridgehead atoms. The number of carbonyl (C=O) groups is 1. The Kier molecular flexibility index (Phi) is 4.13. The van der Waals surface area contributed by atoms with Crippen LogP contribution in [0.2, 0.25) is 0 Å². The van der Waals surface area contributed by atoms with Gasteiger partial charge in [0, 0.05) is 22.9 Å². The molecule has 2 aliphatic carbocycles. The number of carbonyl (C=O) groups excluding carboxylic acids is 1. The first-order valence-electron chi connectivity index (χ1n) is 8.24. The molecule has 4 atom stereocenters. The third-order valence-electron chi connectivity index (χ3n) is 5.57. The SMILES string of the molecule is COc1ccccc1C1(C)CC1NC(=O)[C@@H]1CCC[C@@H]1CN. The van der Waals surface area contributed by atoms with E-state index in [0.29, 0.717) is 12.5 Å². The van der Waals surface area contributed by atoms with Gasteiger partial charge in [-0.2, -0.15) is 0 Å². The molecule has 0 saturated heterocycles. The van der Waals surface area contributed by atoms with Crippen molar-refractivity contribution in [3.63, 3.8) is 0 Å². The van der Waals surface area contributed by atoms with Gasteiger partial charge in [0.2, 0.25) is 5.91 Å². The van der Waals surface area contributed by atoms with E-state index in [1.165, 1.54) is 5.56 Å². The van der Waals surface area contributed by atoms with Gasteiger partial charge in [-0.3, -0.25) is 4.79 Å². The van der Waals surface area contributed by atoms with Crippen LogP contribution in [0.15, 0.2) is 24.3 Å². The van der Waals surface area contributed by atoms with Crippen molar-refractivity contribution in [1.82, 2.24) is 5.32 Å². The van der Waals surface area contributed by atoms with E-state index in [4.69, 9.17) is 10.5 Å². The molecule has 0 spiro atoms. The van der Waals surface area contributed by atoms with Crippen molar-refractivity contribution < 1.29 is 9.53 Å². The molecule has 0 aliphatic heterocycles. The maximum absolute atomic E-state index is 12.5. The standard InChI is InChI=1S/C18H26N2O2/c1-18(14-8-3-4-9-15(14)22-2)10-16(18)20-17(21)13-7-5-6-12(13)11-19/h3-4,8-9,12-13,16H,5-7,10-11,19H2,1-2H3,(H,20,21)/t12-,13-,16?,18?/m1/s1. The summed E-state index contributed by atoms with van der Waals surface area (Å²) >= 11 is 0. The van der Waals surface area contributed by atoms with Crippen molar-refractivity contribution >= 4 is 5.91 Å². The summed E-state index contributed by atoms with van der Waals surface area (Å²) in [5, 5.41) is 3.25. The molecule has 0 radical (unpaired) electrons. The lowest BCUT2D eigenvalue weighted by atomic mass is 9.94. The van der Waals surface area contributed by atoms with Crippen molar-refractivity contribution in [2.24, 2.45) is 17.6 Å². The highest BCUT2D eigenvalue weighted by molar-refractivity contribution is 5.80. The number of hydrogen-bond acceptors (Lipinski definition) is 3. The van der Waals surface area contributed by atoms with E-state index in [9.17, 15) is 4.79 Å². The second kappa shape index (κ2) is 5.92. The van der Waals surface area contributed by atoms with Crippen molar-refractivity contribution in [3.8, 4) is 5.75 Å². The zero-order valence-electron chi connectivity index (χ0n) is 13.5. The van der Waals surface area contributed by atoms with Crippen LogP contribution in [-0.2, 0) is 10.2 Å². The van der Waals surface area contributed by atoms with Gasteiger partial charge in [0.25, 0.3) is 0 Å². The molecule has 1 aromatic rings. The van der Waals surface area contributed by atoms with Crippen LogP contribution in [-0.4, -0.2) is 25.6 Å². The molecule has 4 nitrogen and oxygen atoms in total. The van der Waals surface area contributed by atoms with Gasteiger partial charge in [-0.05, 0) is 37.8 Å². The van der Waals surface area contributed by atoms with Crippen LogP contribution in [0, 0.1) is 11.8 Å². The zero-order chi connectivity index (χ0) is 15.7. The number of nitrogens with two attached hydrogens (primary N) is 1. The Bertz CT molecular complexity index is 560. The minimum absolute atomic E-state index is 0.0148. The lowest BCUT2D eigenvalue weighted by molar-refractivity contribution is -0.126. The van der Waals surface area contributed by atoms with Crippen molar-refractivity contribution in [3.05, 3.63) is 29.8 Å². The smallest absolute Gasteiger partial charge is 0.223 e. The van der Waals surface area contributed by atoms with Crippen molar-refractivity contribution in [2.45, 2.75) is 44.1 Å². The van der Waals surface area contributed by atoms with E-state index in [2.05, 4.69) is 18.3 Å². The normalized spacial score (nSPS) is 33.5. The Hall–Kier alpha value is -1.55. The first-order chi connectivity index (χ1) is 10.6. The fourth-order valence-corrected chi connectivity index (χ4v) is 3.93. The van der Waals surface area contributed by atoms with Gasteiger partial charge < -0.3 is 15.8 Å². The van der Waals surface area contributed by atoms with Gasteiger partial charge in [0.05, 0.1) is 7.11 Å². The second-order valence-corrected chi connectivity index (χ2v) is 6.92. The lowest BCUT2D eigenvalue weighted by Gasteiger charge is -2.20. The summed E-state index contributed by atoms with van der Waals surface area (Å²) in [5.74, 6) is 1.56. The van der Waals surface area contributed by atoms with Gasteiger partial charge in [0.1, 0.15) is 5.75 Å². The fraction of sp³-hybridized carbons (Fsp3) is 0.611. The molecule has 1 amide bonds. The Labute approximate surface area is 132 Å². The van der Waals surface area contributed by atoms with Crippen molar-refractivity contribution in [2.75, 3.05) is 13.7 Å². The quantitative estimate of drug-likeness (QED) is 0.876. The summed E-state index contributed by atoms with van der Waals surface area (Å²) in [6.45, 7) is 2.82. The van der Waals surface area contributed by atoms with E-state index >= 15 is 0 Å². The molecule has 4 heteroatoms. The van der Waals surface area contributed by atoms with Crippen LogP contribution in [0.3, 0.4) is 0 Å². The van der Waals surface area contributed by atoms with E-state index in [-0.39, 0.29) is 23.3 Å². The molecule has 0 heterocycles. The number of benzene rings is 1. The number of amides is 1. The number of rotatable bonds is 5. The number of ether oxygens (including phenoxy) is 1. The Balaban J connectivity index is 1.67. The van der Waals surface area contributed by atoms with E-state index in [0.717, 1.165) is 31.4 Å². The van der Waals surface area contributed by atoms with E-state index in [1.807, 2.05) is 18.2 Å². The first kappa shape index (κ1) is 15.3. The number of hydrogen-bond donors (Lipinski definition) is 2. The summed E-state index contributed by atoms with van der Waals surface area (Å²) in [5.41, 5.74) is 6.96. The molecule has 1 aromatic carbocycles. The fourth-order valence-electron chi connectivity index (χ4n) is 3.93. The average molecular weight is 302 g/mol. The number of nitrogens with one attached hydrogen (secondary N) is 1. The van der Waals surface area contributed by atoms with Crippen LogP contribution in [0.1, 0.15) is 38.2 Å². The molecule has 2 fully saturated rings. The summed E-state index contributed by atoms with van der Waals surface area (Å²) < 4.78 is 5.47. The summed E-state index contributed by atoms with van der Waals surface area (Å²) in [4.78, 5) is 12.5. The van der Waals surface area contributed by atoms with Gasteiger partial charge in [-0.15, -0.1) is 0 Å². The maximum atomic E-state index is 12.5. The van der Waals surface area contributed by atoms with Crippen LogP contribution in [0.5, 0.6) is 5.75 Å². The van der Waals surface area contributed by atoms with Crippen LogP contribution < -0.4 is 15.8 Å².